The maximum atomic E-state index is 12.2. The van der Waals surface area contributed by atoms with Gasteiger partial charge in [0.1, 0.15) is 5.57 Å². The Morgan fingerprint density at radius 3 is 2.83 bits per heavy atom. The van der Waals surface area contributed by atoms with Gasteiger partial charge in [0.2, 0.25) is 0 Å². The van der Waals surface area contributed by atoms with Crippen molar-refractivity contribution < 1.29 is 23.9 Å². The van der Waals surface area contributed by atoms with Crippen molar-refractivity contribution in [1.82, 2.24) is 9.66 Å². The highest BCUT2D eigenvalue weighted by Crippen LogP contribution is 2.33. The summed E-state index contributed by atoms with van der Waals surface area (Å²) >= 11 is 6.08. The maximum Gasteiger partial charge on any atom is 0.348 e. The second kappa shape index (κ2) is 8.00. The molecule has 2 aromatic heterocycles. The number of nitrogens with zero attached hydrogens (tertiary/aromatic N) is 2. The van der Waals surface area contributed by atoms with E-state index in [0.29, 0.717) is 11.4 Å². The van der Waals surface area contributed by atoms with E-state index in [1.165, 1.54) is 10.7 Å². The molecule has 0 radical (unpaired) electrons. The van der Waals surface area contributed by atoms with Gasteiger partial charge in [-0.15, -0.1) is 0 Å². The van der Waals surface area contributed by atoms with Gasteiger partial charge >= 0.3 is 11.9 Å². The van der Waals surface area contributed by atoms with Crippen molar-refractivity contribution >= 4 is 40.7 Å². The average molecular weight is 426 g/mol. The van der Waals surface area contributed by atoms with Crippen LogP contribution in [0.4, 0.5) is 0 Å². The summed E-state index contributed by atoms with van der Waals surface area (Å²) in [5, 5.41) is 1.51. The van der Waals surface area contributed by atoms with Crippen LogP contribution in [0.25, 0.3) is 10.9 Å². The second-order valence-electron chi connectivity index (χ2n) is 6.53. The molecule has 4 rings (SSSR count). The van der Waals surface area contributed by atoms with Gasteiger partial charge < -0.3 is 14.9 Å². The molecule has 0 saturated heterocycles. The predicted molar refractivity (Wildman–Crippen MR) is 109 cm³/mol. The molecule has 0 amide bonds. The first-order valence-electron chi connectivity index (χ1n) is 9.13. The molecule has 0 saturated carbocycles. The molecular formula is C21H16ClN3O5. The summed E-state index contributed by atoms with van der Waals surface area (Å²) < 4.78 is 11.9. The number of hydrogen-bond acceptors (Lipinski definition) is 7. The third kappa shape index (κ3) is 3.65. The number of pyridine rings is 1. The lowest BCUT2D eigenvalue weighted by atomic mass is 10.0. The minimum Gasteiger partial charge on any atom is -0.417 e. The van der Waals surface area contributed by atoms with Crippen molar-refractivity contribution in [2.24, 2.45) is 0 Å². The quantitative estimate of drug-likeness (QED) is 0.380. The topological polar surface area (TPSA) is 99.5 Å². The summed E-state index contributed by atoms with van der Waals surface area (Å²) in [6.45, 7) is 1.99. The number of aromatic nitrogens is 2. The van der Waals surface area contributed by atoms with Gasteiger partial charge in [0.15, 0.2) is 12.0 Å². The number of esters is 2. The summed E-state index contributed by atoms with van der Waals surface area (Å²) in [5.41, 5.74) is 4.54. The van der Waals surface area contributed by atoms with Crippen LogP contribution >= 0.6 is 11.6 Å². The van der Waals surface area contributed by atoms with Gasteiger partial charge in [-0.2, -0.15) is 0 Å². The van der Waals surface area contributed by atoms with E-state index in [1.807, 2.05) is 19.1 Å². The normalized spacial score (nSPS) is 16.4. The van der Waals surface area contributed by atoms with Crippen LogP contribution in [0.3, 0.4) is 0 Å². The molecule has 1 N–H and O–H groups in total. The van der Waals surface area contributed by atoms with E-state index in [0.717, 1.165) is 22.5 Å². The third-order valence-electron chi connectivity index (χ3n) is 4.66. The second-order valence-corrected chi connectivity index (χ2v) is 6.97. The molecule has 1 aromatic carbocycles. The van der Waals surface area contributed by atoms with Crippen LogP contribution in [0.5, 0.6) is 11.6 Å². The van der Waals surface area contributed by atoms with Crippen molar-refractivity contribution in [1.29, 1.82) is 0 Å². The first-order chi connectivity index (χ1) is 14.5. The van der Waals surface area contributed by atoms with Crippen LogP contribution in [0, 0.1) is 0 Å². The Balaban J connectivity index is 1.70. The van der Waals surface area contributed by atoms with Gasteiger partial charge in [0.25, 0.3) is 5.88 Å². The minimum atomic E-state index is -0.943. The molecule has 1 aliphatic rings. The molecule has 1 unspecified atom stereocenters. The first-order valence-corrected chi connectivity index (χ1v) is 9.51. The van der Waals surface area contributed by atoms with Crippen molar-refractivity contribution in [2.45, 2.75) is 19.4 Å². The highest BCUT2D eigenvalue weighted by atomic mass is 35.5. The lowest BCUT2D eigenvalue weighted by Crippen LogP contribution is -2.25. The van der Waals surface area contributed by atoms with E-state index < -0.39 is 17.5 Å². The summed E-state index contributed by atoms with van der Waals surface area (Å²) in [7, 11) is 0. The lowest BCUT2D eigenvalue weighted by Gasteiger charge is -2.22. The number of carbonyl (C=O) groups is 3. The Morgan fingerprint density at radius 2 is 2.07 bits per heavy atom. The fourth-order valence-corrected chi connectivity index (χ4v) is 3.39. The van der Waals surface area contributed by atoms with Gasteiger partial charge in [0, 0.05) is 34.9 Å². The highest BCUT2D eigenvalue weighted by Gasteiger charge is 2.26. The number of hydrogen-bond donors (Lipinski definition) is 1. The number of aldehydes is 1. The Hall–Kier alpha value is -3.65. The lowest BCUT2D eigenvalue weighted by molar-refractivity contribution is -0.135. The molecule has 0 bridgehead atoms. The number of ether oxygens (including phenoxy) is 2. The average Bonchev–Trinajstić information content (AvgIpc) is 3.08. The molecule has 30 heavy (non-hydrogen) atoms. The van der Waals surface area contributed by atoms with E-state index in [1.54, 1.807) is 24.5 Å². The van der Waals surface area contributed by atoms with Crippen molar-refractivity contribution in [3.8, 4) is 11.6 Å². The highest BCUT2D eigenvalue weighted by molar-refractivity contribution is 6.31. The molecule has 1 aliphatic heterocycles. The van der Waals surface area contributed by atoms with Gasteiger partial charge in [-0.3, -0.25) is 9.78 Å². The van der Waals surface area contributed by atoms with E-state index in [9.17, 15) is 14.4 Å². The molecule has 0 aliphatic carbocycles. The van der Waals surface area contributed by atoms with E-state index in [4.69, 9.17) is 21.1 Å². The molecule has 9 heteroatoms. The summed E-state index contributed by atoms with van der Waals surface area (Å²) in [6, 6.07) is 8.66. The molecule has 152 valence electrons. The number of carbonyl (C=O) groups excluding carboxylic acids is 3. The smallest absolute Gasteiger partial charge is 0.348 e. The monoisotopic (exact) mass is 425 g/mol. The third-order valence-corrected chi connectivity index (χ3v) is 4.89. The summed E-state index contributed by atoms with van der Waals surface area (Å²) in [4.78, 5) is 39.5. The molecule has 1 atom stereocenters. The van der Waals surface area contributed by atoms with Crippen molar-refractivity contribution in [2.75, 3.05) is 5.43 Å². The number of rotatable bonds is 5. The van der Waals surface area contributed by atoms with Crippen LogP contribution in [0.2, 0.25) is 5.02 Å². The number of benzene rings is 1. The zero-order valence-corrected chi connectivity index (χ0v) is 16.6. The summed E-state index contributed by atoms with van der Waals surface area (Å²) in [5.74, 6) is -1.75. The Kier molecular flexibility index (Phi) is 5.24. The fraction of sp³-hybridized carbons (Fsp3) is 0.143. The first kappa shape index (κ1) is 19.7. The molecular weight excluding hydrogens is 410 g/mol. The van der Waals surface area contributed by atoms with Crippen LogP contribution in [-0.2, 0) is 14.4 Å². The standard InChI is InChI=1S/C21H16ClN3O5/c1-2-16(15-5-7-23-17-10-13(22)3-4-14(15)17)24-25-8-6-18-20(25)30-21(28)12(11-26)9-19(27)29-18/h3-11,16,24H,2H2,1H3/b12-9-. The van der Waals surface area contributed by atoms with E-state index in [2.05, 4.69) is 10.4 Å². The predicted octanol–water partition coefficient (Wildman–Crippen LogP) is 3.33. The Morgan fingerprint density at radius 1 is 1.23 bits per heavy atom. The number of nitrogens with one attached hydrogen (secondary N) is 1. The zero-order valence-electron chi connectivity index (χ0n) is 15.8. The molecule has 3 aromatic rings. The van der Waals surface area contributed by atoms with Gasteiger partial charge in [0.05, 0.1) is 11.6 Å². The minimum absolute atomic E-state index is 0.0272. The van der Waals surface area contributed by atoms with Gasteiger partial charge in [-0.05, 0) is 30.2 Å². The van der Waals surface area contributed by atoms with Gasteiger partial charge in [-0.25, -0.2) is 14.3 Å². The van der Waals surface area contributed by atoms with Gasteiger partial charge in [-0.1, -0.05) is 24.6 Å². The molecule has 0 spiro atoms. The summed E-state index contributed by atoms with van der Waals surface area (Å²) in [6.07, 6.45) is 4.99. The van der Waals surface area contributed by atoms with Crippen molar-refractivity contribution in [3.63, 3.8) is 0 Å². The van der Waals surface area contributed by atoms with Crippen LogP contribution in [0.15, 0.2) is 54.4 Å². The molecule has 0 fully saturated rings. The number of fused-ring (bicyclic) bond motifs is 2. The number of halogens is 1. The van der Waals surface area contributed by atoms with Crippen molar-refractivity contribution in [3.05, 3.63) is 65.0 Å². The van der Waals surface area contributed by atoms with E-state index >= 15 is 0 Å². The zero-order chi connectivity index (χ0) is 21.3. The molecule has 3 heterocycles. The van der Waals surface area contributed by atoms with Crippen LogP contribution in [-0.4, -0.2) is 27.9 Å². The Labute approximate surface area is 176 Å². The maximum absolute atomic E-state index is 12.2. The molecule has 8 nitrogen and oxygen atoms in total. The SMILES string of the molecule is CCC(Nn1ccc2c1OC(=O)/C(C=O)=C\C(=O)O2)c1ccnc2cc(Cl)ccc12. The fourth-order valence-electron chi connectivity index (χ4n) is 3.23. The van der Waals surface area contributed by atoms with Crippen LogP contribution < -0.4 is 14.9 Å². The largest absolute Gasteiger partial charge is 0.417 e. The van der Waals surface area contributed by atoms with E-state index in [-0.39, 0.29) is 24.0 Å². The van der Waals surface area contributed by atoms with Crippen LogP contribution in [0.1, 0.15) is 24.9 Å². The Bertz CT molecular complexity index is 1200.